The van der Waals surface area contributed by atoms with Gasteiger partial charge in [0.1, 0.15) is 11.6 Å². The smallest absolute Gasteiger partial charge is 0.305 e. The van der Waals surface area contributed by atoms with E-state index in [2.05, 4.69) is 30.8 Å². The molecular formula is C21H25BrN4O4S. The summed E-state index contributed by atoms with van der Waals surface area (Å²) in [5.74, 6) is 1.20. The molecule has 1 aromatic heterocycles. The van der Waals surface area contributed by atoms with Gasteiger partial charge in [0.25, 0.3) is 0 Å². The molecule has 3 heterocycles. The summed E-state index contributed by atoms with van der Waals surface area (Å²) in [5.41, 5.74) is 0. The van der Waals surface area contributed by atoms with Crippen LogP contribution in [0.15, 0.2) is 45.9 Å². The lowest BCUT2D eigenvalue weighted by Crippen LogP contribution is -2.49. The molecule has 2 aliphatic heterocycles. The van der Waals surface area contributed by atoms with E-state index in [0.29, 0.717) is 36.7 Å². The van der Waals surface area contributed by atoms with Crippen molar-refractivity contribution in [2.24, 2.45) is 0 Å². The minimum absolute atomic E-state index is 0.0768. The Hall–Kier alpha value is -2.04. The second kappa shape index (κ2) is 9.22. The highest BCUT2D eigenvalue weighted by atomic mass is 79.9. The molecule has 0 aliphatic carbocycles. The van der Waals surface area contributed by atoms with Crippen LogP contribution in [0.2, 0.25) is 0 Å². The van der Waals surface area contributed by atoms with Gasteiger partial charge in [-0.15, -0.1) is 0 Å². The van der Waals surface area contributed by atoms with E-state index in [1.165, 1.54) is 0 Å². The average molecular weight is 509 g/mol. The van der Waals surface area contributed by atoms with E-state index < -0.39 is 10.0 Å². The number of halogens is 1. The molecular weight excluding hydrogens is 484 g/mol. The highest BCUT2D eigenvalue weighted by molar-refractivity contribution is 9.10. The maximum absolute atomic E-state index is 13.1. The number of hydrogen-bond donors (Lipinski definition) is 0. The van der Waals surface area contributed by atoms with E-state index in [1.807, 2.05) is 13.0 Å². The van der Waals surface area contributed by atoms with Crippen molar-refractivity contribution in [3.8, 4) is 0 Å². The highest BCUT2D eigenvalue weighted by Gasteiger charge is 2.48. The topological polar surface area (TPSA) is 92.7 Å². The van der Waals surface area contributed by atoms with Gasteiger partial charge in [-0.3, -0.25) is 4.79 Å². The molecule has 10 heteroatoms. The molecule has 1 unspecified atom stereocenters. The summed E-state index contributed by atoms with van der Waals surface area (Å²) < 4.78 is 33.8. The summed E-state index contributed by atoms with van der Waals surface area (Å²) in [6, 6.07) is 8.61. The number of carbonyl (C=O) groups excluding carboxylic acids is 1. The normalized spacial score (nSPS) is 20.9. The second-order valence-corrected chi connectivity index (χ2v) is 10.6. The number of benzene rings is 1. The molecule has 0 spiro atoms. The zero-order valence-corrected chi connectivity index (χ0v) is 19.7. The first-order valence-electron chi connectivity index (χ1n) is 10.4. The molecule has 2 atom stereocenters. The van der Waals surface area contributed by atoms with E-state index in [4.69, 9.17) is 4.74 Å². The number of esters is 1. The number of carbonyl (C=O) groups is 1. The van der Waals surface area contributed by atoms with Crippen molar-refractivity contribution in [3.63, 3.8) is 0 Å². The fourth-order valence-electron chi connectivity index (χ4n) is 4.15. The Morgan fingerprint density at radius 2 is 1.97 bits per heavy atom. The van der Waals surface area contributed by atoms with Gasteiger partial charge < -0.3 is 9.64 Å². The van der Waals surface area contributed by atoms with Gasteiger partial charge in [-0.2, -0.15) is 4.31 Å². The van der Waals surface area contributed by atoms with Crippen LogP contribution >= 0.6 is 15.9 Å². The highest BCUT2D eigenvalue weighted by Crippen LogP contribution is 2.37. The maximum atomic E-state index is 13.1. The van der Waals surface area contributed by atoms with Crippen LogP contribution in [0.5, 0.6) is 0 Å². The third-order valence-electron chi connectivity index (χ3n) is 5.64. The molecule has 2 bridgehead atoms. The van der Waals surface area contributed by atoms with Crippen LogP contribution in [0.25, 0.3) is 0 Å². The van der Waals surface area contributed by atoms with Gasteiger partial charge in [0.15, 0.2) is 0 Å². The van der Waals surface area contributed by atoms with Gasteiger partial charge in [0.2, 0.25) is 10.0 Å². The van der Waals surface area contributed by atoms with Crippen LogP contribution in [0.4, 0.5) is 5.82 Å². The lowest BCUT2D eigenvalue weighted by Gasteiger charge is -2.34. The lowest BCUT2D eigenvalue weighted by molar-refractivity contribution is -0.143. The first kappa shape index (κ1) is 22.2. The second-order valence-electron chi connectivity index (χ2n) is 7.78. The van der Waals surface area contributed by atoms with Crippen LogP contribution in [0, 0.1) is 0 Å². The lowest BCUT2D eigenvalue weighted by atomic mass is 10.2. The Morgan fingerprint density at radius 1 is 1.19 bits per heavy atom. The van der Waals surface area contributed by atoms with Crippen molar-refractivity contribution >= 4 is 37.7 Å². The maximum Gasteiger partial charge on any atom is 0.305 e. The monoisotopic (exact) mass is 508 g/mol. The summed E-state index contributed by atoms with van der Waals surface area (Å²) in [6.07, 6.45) is 4.11. The number of aromatic nitrogens is 2. The van der Waals surface area contributed by atoms with Crippen LogP contribution in [0.1, 0.15) is 32.0 Å². The molecule has 2 fully saturated rings. The van der Waals surface area contributed by atoms with Crippen molar-refractivity contribution in [1.82, 2.24) is 14.3 Å². The minimum atomic E-state index is -3.52. The van der Waals surface area contributed by atoms with Gasteiger partial charge in [-0.1, -0.05) is 22.9 Å². The predicted molar refractivity (Wildman–Crippen MR) is 119 cm³/mol. The van der Waals surface area contributed by atoms with Crippen molar-refractivity contribution in [3.05, 3.63) is 46.8 Å². The van der Waals surface area contributed by atoms with Crippen LogP contribution in [0.3, 0.4) is 0 Å². The fourth-order valence-corrected chi connectivity index (χ4v) is 6.08. The van der Waals surface area contributed by atoms with Crippen molar-refractivity contribution in [2.45, 2.75) is 49.6 Å². The number of piperazine rings is 1. The standard InChI is InChI=1S/C21H25BrN4O4S/c1-2-3-21(27)30-11-9-19-23-10-8-20(24-19)25-13-17-12-16(25)14-26(17)31(28,29)18-6-4-15(22)5-7-18/h4-8,10,16-17H,2-3,9,11-14H2,1H3/t16-,17?/m1/s1. The largest absolute Gasteiger partial charge is 0.465 e. The Bertz CT molecular complexity index is 1050. The molecule has 2 saturated heterocycles. The number of anilines is 1. The molecule has 0 N–H and O–H groups in total. The van der Waals surface area contributed by atoms with Gasteiger partial charge in [-0.05, 0) is 43.2 Å². The molecule has 0 amide bonds. The first-order valence-corrected chi connectivity index (χ1v) is 12.6. The van der Waals surface area contributed by atoms with Crippen LogP contribution in [-0.4, -0.2) is 60.4 Å². The molecule has 2 aliphatic rings. The minimum Gasteiger partial charge on any atom is -0.465 e. The van der Waals surface area contributed by atoms with E-state index in [0.717, 1.165) is 23.1 Å². The molecule has 2 aromatic rings. The van der Waals surface area contributed by atoms with Gasteiger partial charge in [-0.25, -0.2) is 18.4 Å². The molecule has 8 nitrogen and oxygen atoms in total. The molecule has 166 valence electrons. The molecule has 0 saturated carbocycles. The van der Waals surface area contributed by atoms with Gasteiger partial charge in [0, 0.05) is 48.7 Å². The van der Waals surface area contributed by atoms with E-state index in [9.17, 15) is 13.2 Å². The third-order valence-corrected chi connectivity index (χ3v) is 8.10. The number of hydrogen-bond acceptors (Lipinski definition) is 7. The molecule has 0 radical (unpaired) electrons. The fraction of sp³-hybridized carbons (Fsp3) is 0.476. The Balaban J connectivity index is 1.40. The van der Waals surface area contributed by atoms with Crippen molar-refractivity contribution in [2.75, 3.05) is 24.6 Å². The van der Waals surface area contributed by atoms with Crippen LogP contribution in [-0.2, 0) is 26.0 Å². The number of nitrogens with zero attached hydrogens (tertiary/aromatic N) is 4. The van der Waals surface area contributed by atoms with Crippen molar-refractivity contribution in [1.29, 1.82) is 0 Å². The number of sulfonamides is 1. The Morgan fingerprint density at radius 3 is 2.65 bits per heavy atom. The first-order chi connectivity index (χ1) is 14.9. The predicted octanol–water partition coefficient (Wildman–Crippen LogP) is 2.78. The third kappa shape index (κ3) is 4.75. The Labute approximate surface area is 190 Å². The van der Waals surface area contributed by atoms with Crippen molar-refractivity contribution < 1.29 is 17.9 Å². The summed E-state index contributed by atoms with van der Waals surface area (Å²) in [5, 5.41) is 0. The average Bonchev–Trinajstić information content (AvgIpc) is 3.36. The van der Waals surface area contributed by atoms with E-state index >= 15 is 0 Å². The summed E-state index contributed by atoms with van der Waals surface area (Å²) in [7, 11) is -3.52. The quantitative estimate of drug-likeness (QED) is 0.506. The molecule has 31 heavy (non-hydrogen) atoms. The summed E-state index contributed by atoms with van der Waals surface area (Å²) >= 11 is 3.35. The number of fused-ring (bicyclic) bond motifs is 2. The zero-order chi connectivity index (χ0) is 22.0. The summed E-state index contributed by atoms with van der Waals surface area (Å²) in [4.78, 5) is 22.9. The SMILES string of the molecule is CCCC(=O)OCCc1nccc(N2CC3C[C@@H]2CN3S(=O)(=O)c2ccc(Br)cc2)n1. The van der Waals surface area contributed by atoms with E-state index in [-0.39, 0.29) is 24.7 Å². The number of ether oxygens (including phenoxy) is 1. The molecule has 4 rings (SSSR count). The summed E-state index contributed by atoms with van der Waals surface area (Å²) in [6.45, 7) is 3.23. The van der Waals surface area contributed by atoms with Gasteiger partial charge >= 0.3 is 5.97 Å². The Kier molecular flexibility index (Phi) is 6.59. The zero-order valence-electron chi connectivity index (χ0n) is 17.3. The number of rotatable bonds is 8. The van der Waals surface area contributed by atoms with Crippen LogP contribution < -0.4 is 4.90 Å². The van der Waals surface area contributed by atoms with E-state index in [1.54, 1.807) is 34.8 Å². The van der Waals surface area contributed by atoms with Gasteiger partial charge in [0.05, 0.1) is 11.5 Å². The molecule has 1 aromatic carbocycles.